The Morgan fingerprint density at radius 1 is 1.15 bits per heavy atom. The molecule has 8 heteroatoms. The monoisotopic (exact) mass is 402 g/mol. The van der Waals surface area contributed by atoms with Crippen LogP contribution in [0.1, 0.15) is 23.7 Å². The molecule has 2 aliphatic heterocycles. The lowest BCUT2D eigenvalue weighted by molar-refractivity contribution is -0.118. The average Bonchev–Trinajstić information content (AvgIpc) is 2.77. The topological polar surface area (TPSA) is 74.8 Å². The van der Waals surface area contributed by atoms with Crippen molar-refractivity contribution in [2.24, 2.45) is 0 Å². The number of carbonyl (C=O) groups excluding carboxylic acids is 2. The average molecular weight is 402 g/mol. The van der Waals surface area contributed by atoms with Crippen LogP contribution in [-0.2, 0) is 14.8 Å². The maximum atomic E-state index is 13.0. The summed E-state index contributed by atoms with van der Waals surface area (Å²) in [5, 5.41) is 0.338. The maximum Gasteiger partial charge on any atom is 0.269 e. The van der Waals surface area contributed by atoms with Gasteiger partial charge in [0.1, 0.15) is 11.4 Å². The summed E-state index contributed by atoms with van der Waals surface area (Å²) in [6.45, 7) is 2.09. The van der Waals surface area contributed by atoms with E-state index in [1.54, 1.807) is 28.8 Å². The zero-order valence-corrected chi connectivity index (χ0v) is 16.3. The van der Waals surface area contributed by atoms with Gasteiger partial charge in [-0.1, -0.05) is 31.2 Å². The van der Waals surface area contributed by atoms with Gasteiger partial charge in [0.05, 0.1) is 11.3 Å². The minimum absolute atomic E-state index is 0.0387. The summed E-state index contributed by atoms with van der Waals surface area (Å²) in [6, 6.07) is 13.6. The number of nitrogens with zero attached hydrogens (tertiary/aromatic N) is 2. The SMILES string of the molecule is C[C@H]1CCN(C(=O)CN2C(=O)c3ccccc3S2(=O)=O)c2ccccc2S1. The molecule has 2 aromatic rings. The lowest BCUT2D eigenvalue weighted by atomic mass is 10.2. The van der Waals surface area contributed by atoms with Crippen LogP contribution in [0.25, 0.3) is 0 Å². The fourth-order valence-corrected chi connectivity index (χ4v) is 5.97. The van der Waals surface area contributed by atoms with Gasteiger partial charge in [-0.25, -0.2) is 12.7 Å². The lowest BCUT2D eigenvalue weighted by Crippen LogP contribution is -2.43. The van der Waals surface area contributed by atoms with Crippen LogP contribution in [0.4, 0.5) is 5.69 Å². The molecule has 2 aromatic carbocycles. The van der Waals surface area contributed by atoms with Gasteiger partial charge in [-0.05, 0) is 30.7 Å². The number of para-hydroxylation sites is 1. The van der Waals surface area contributed by atoms with Crippen molar-refractivity contribution in [3.05, 3.63) is 54.1 Å². The van der Waals surface area contributed by atoms with Crippen molar-refractivity contribution in [2.45, 2.75) is 28.4 Å². The molecular formula is C19H18N2O4S2. The molecule has 4 rings (SSSR count). The Morgan fingerprint density at radius 2 is 1.85 bits per heavy atom. The predicted molar refractivity (Wildman–Crippen MR) is 103 cm³/mol. The summed E-state index contributed by atoms with van der Waals surface area (Å²) < 4.78 is 26.1. The highest BCUT2D eigenvalue weighted by Crippen LogP contribution is 2.38. The Hall–Kier alpha value is -2.32. The molecule has 2 amide bonds. The molecule has 0 aromatic heterocycles. The minimum atomic E-state index is -4.00. The molecule has 0 radical (unpaired) electrons. The summed E-state index contributed by atoms with van der Waals surface area (Å²) in [6.07, 6.45) is 0.784. The minimum Gasteiger partial charge on any atom is -0.310 e. The van der Waals surface area contributed by atoms with Crippen LogP contribution in [0.5, 0.6) is 0 Å². The van der Waals surface area contributed by atoms with E-state index in [2.05, 4.69) is 6.92 Å². The molecule has 140 valence electrons. The van der Waals surface area contributed by atoms with Gasteiger partial charge in [0.25, 0.3) is 15.9 Å². The second-order valence-electron chi connectivity index (χ2n) is 6.54. The molecule has 0 saturated heterocycles. The molecule has 6 nitrogen and oxygen atoms in total. The third-order valence-electron chi connectivity index (χ3n) is 4.74. The van der Waals surface area contributed by atoms with Crippen LogP contribution in [0.3, 0.4) is 0 Å². The lowest BCUT2D eigenvalue weighted by Gasteiger charge is -2.25. The molecule has 2 heterocycles. The summed E-state index contributed by atoms with van der Waals surface area (Å²) in [4.78, 5) is 28.1. The third kappa shape index (κ3) is 3.02. The first kappa shape index (κ1) is 18.1. The maximum absolute atomic E-state index is 13.0. The first-order valence-electron chi connectivity index (χ1n) is 8.62. The summed E-state index contributed by atoms with van der Waals surface area (Å²) >= 11 is 1.69. The van der Waals surface area contributed by atoms with Gasteiger partial charge in [0.2, 0.25) is 5.91 Å². The molecule has 0 spiro atoms. The van der Waals surface area contributed by atoms with E-state index in [0.29, 0.717) is 16.1 Å². The van der Waals surface area contributed by atoms with Crippen molar-refractivity contribution in [3.63, 3.8) is 0 Å². The Bertz CT molecular complexity index is 1040. The predicted octanol–water partition coefficient (Wildman–Crippen LogP) is 2.75. The van der Waals surface area contributed by atoms with Crippen molar-refractivity contribution >= 4 is 39.3 Å². The third-order valence-corrected chi connectivity index (χ3v) is 7.76. The standard InChI is InChI=1S/C19H18N2O4S2/c1-13-10-11-20(15-7-3-4-8-16(15)26-13)18(22)12-21-19(23)14-6-2-5-9-17(14)27(21,24)25/h2-9,13H,10-12H2,1H3/t13-/m0/s1. The van der Waals surface area contributed by atoms with Crippen LogP contribution in [0, 0.1) is 0 Å². The Labute approximate surface area is 162 Å². The van der Waals surface area contributed by atoms with Gasteiger partial charge >= 0.3 is 0 Å². The van der Waals surface area contributed by atoms with Gasteiger partial charge in [-0.2, -0.15) is 0 Å². The van der Waals surface area contributed by atoms with E-state index < -0.39 is 28.4 Å². The van der Waals surface area contributed by atoms with Crippen LogP contribution in [0.2, 0.25) is 0 Å². The summed E-state index contributed by atoms with van der Waals surface area (Å²) in [7, 11) is -4.00. The molecular weight excluding hydrogens is 384 g/mol. The molecule has 0 bridgehead atoms. The molecule has 27 heavy (non-hydrogen) atoms. The highest BCUT2D eigenvalue weighted by Gasteiger charge is 2.42. The first-order chi connectivity index (χ1) is 12.9. The Morgan fingerprint density at radius 3 is 2.63 bits per heavy atom. The van der Waals surface area contributed by atoms with E-state index in [1.807, 2.05) is 24.3 Å². The number of hydrogen-bond acceptors (Lipinski definition) is 5. The summed E-state index contributed by atoms with van der Waals surface area (Å²) in [5.41, 5.74) is 0.879. The largest absolute Gasteiger partial charge is 0.310 e. The molecule has 0 fully saturated rings. The number of thioether (sulfide) groups is 1. The fourth-order valence-electron chi connectivity index (χ4n) is 3.34. The number of hydrogen-bond donors (Lipinski definition) is 0. The van der Waals surface area contributed by atoms with Crippen molar-refractivity contribution < 1.29 is 18.0 Å². The molecule has 2 aliphatic rings. The van der Waals surface area contributed by atoms with Crippen molar-refractivity contribution in [2.75, 3.05) is 18.0 Å². The quantitative estimate of drug-likeness (QED) is 0.772. The Balaban J connectivity index is 1.65. The van der Waals surface area contributed by atoms with Gasteiger partial charge < -0.3 is 4.90 Å². The van der Waals surface area contributed by atoms with Crippen molar-refractivity contribution in [1.29, 1.82) is 0 Å². The normalized spacial score (nSPS) is 20.8. The number of benzene rings is 2. The number of sulfonamides is 1. The molecule has 0 saturated carbocycles. The second kappa shape index (κ2) is 6.69. The highest BCUT2D eigenvalue weighted by molar-refractivity contribution is 8.00. The van der Waals surface area contributed by atoms with E-state index in [-0.39, 0.29) is 10.5 Å². The first-order valence-corrected chi connectivity index (χ1v) is 10.9. The van der Waals surface area contributed by atoms with Gasteiger partial charge in [-0.3, -0.25) is 9.59 Å². The van der Waals surface area contributed by atoms with Gasteiger partial charge in [0.15, 0.2) is 0 Å². The number of carbonyl (C=O) groups is 2. The van der Waals surface area contributed by atoms with Gasteiger partial charge in [0, 0.05) is 16.7 Å². The molecule has 1 atom stereocenters. The van der Waals surface area contributed by atoms with E-state index in [0.717, 1.165) is 17.0 Å². The number of fused-ring (bicyclic) bond motifs is 2. The van der Waals surface area contributed by atoms with Gasteiger partial charge in [-0.15, -0.1) is 11.8 Å². The second-order valence-corrected chi connectivity index (χ2v) is 9.85. The van der Waals surface area contributed by atoms with E-state index in [9.17, 15) is 18.0 Å². The zero-order valence-electron chi connectivity index (χ0n) is 14.7. The van der Waals surface area contributed by atoms with E-state index >= 15 is 0 Å². The van der Waals surface area contributed by atoms with Crippen LogP contribution in [0.15, 0.2) is 58.3 Å². The fraction of sp³-hybridized carbons (Fsp3) is 0.263. The van der Waals surface area contributed by atoms with Crippen LogP contribution < -0.4 is 4.90 Å². The zero-order chi connectivity index (χ0) is 19.2. The summed E-state index contributed by atoms with van der Waals surface area (Å²) in [5.74, 6) is -1.05. The van der Waals surface area contributed by atoms with Crippen molar-refractivity contribution in [3.8, 4) is 0 Å². The molecule has 0 aliphatic carbocycles. The van der Waals surface area contributed by atoms with Crippen molar-refractivity contribution in [1.82, 2.24) is 4.31 Å². The van der Waals surface area contributed by atoms with Crippen LogP contribution >= 0.6 is 11.8 Å². The number of amides is 2. The number of anilines is 1. The molecule has 0 unspecified atom stereocenters. The van der Waals surface area contributed by atoms with E-state index in [1.165, 1.54) is 12.1 Å². The highest BCUT2D eigenvalue weighted by atomic mass is 32.2. The number of rotatable bonds is 2. The Kier molecular flexibility index (Phi) is 4.47. The smallest absolute Gasteiger partial charge is 0.269 e. The van der Waals surface area contributed by atoms with E-state index in [4.69, 9.17) is 0 Å². The molecule has 0 N–H and O–H groups in total. The van der Waals surface area contributed by atoms with Crippen LogP contribution in [-0.4, -0.2) is 42.9 Å².